The molecule has 1 rings (SSSR count). The number of esters is 1. The number of ether oxygens (including phenoxy) is 1. The van der Waals surface area contributed by atoms with Crippen LogP contribution in [0.4, 0.5) is 0 Å². The normalized spacial score (nSPS) is 25.9. The van der Waals surface area contributed by atoms with E-state index in [1.54, 1.807) is 0 Å². The van der Waals surface area contributed by atoms with Crippen molar-refractivity contribution in [2.24, 2.45) is 10.8 Å². The first-order valence-corrected chi connectivity index (χ1v) is 5.77. The highest BCUT2D eigenvalue weighted by atomic mass is 16.5. The average molecular weight is 222 g/mol. The molecule has 0 fully saturated rings. The highest BCUT2D eigenvalue weighted by molar-refractivity contribution is 5.78. The fourth-order valence-corrected chi connectivity index (χ4v) is 2.39. The van der Waals surface area contributed by atoms with Gasteiger partial charge in [0, 0.05) is 0 Å². The molecule has 0 radical (unpaired) electrons. The van der Waals surface area contributed by atoms with Gasteiger partial charge in [-0.15, -0.1) is 6.58 Å². The SMILES string of the molecule is C=CC(C)(C)[C@]1(C(=O)OC)CC=C(C)CC1. The third-order valence-electron chi connectivity index (χ3n) is 4.06. The number of carbonyl (C=O) groups is 1. The fourth-order valence-electron chi connectivity index (χ4n) is 2.39. The van der Waals surface area contributed by atoms with E-state index in [4.69, 9.17) is 4.74 Å². The second-order valence-corrected chi connectivity index (χ2v) is 5.25. The minimum absolute atomic E-state index is 0.110. The fraction of sp³-hybridized carbons (Fsp3) is 0.643. The van der Waals surface area contributed by atoms with Crippen LogP contribution in [0, 0.1) is 10.8 Å². The van der Waals surface area contributed by atoms with Gasteiger partial charge in [-0.2, -0.15) is 0 Å². The van der Waals surface area contributed by atoms with Crippen molar-refractivity contribution in [3.05, 3.63) is 24.3 Å². The molecule has 0 aromatic carbocycles. The maximum absolute atomic E-state index is 12.1. The van der Waals surface area contributed by atoms with Gasteiger partial charge in [0.1, 0.15) is 0 Å². The van der Waals surface area contributed by atoms with Crippen molar-refractivity contribution in [1.82, 2.24) is 0 Å². The molecule has 0 saturated carbocycles. The predicted octanol–water partition coefficient (Wildman–Crippen LogP) is 3.49. The summed E-state index contributed by atoms with van der Waals surface area (Å²) in [5.74, 6) is -0.110. The summed E-state index contributed by atoms with van der Waals surface area (Å²) >= 11 is 0. The first kappa shape index (κ1) is 13.0. The van der Waals surface area contributed by atoms with Gasteiger partial charge in [-0.3, -0.25) is 4.79 Å². The van der Waals surface area contributed by atoms with E-state index in [0.29, 0.717) is 0 Å². The molecule has 0 spiro atoms. The first-order chi connectivity index (χ1) is 7.39. The van der Waals surface area contributed by atoms with Crippen molar-refractivity contribution in [2.45, 2.75) is 40.0 Å². The maximum atomic E-state index is 12.1. The molecule has 16 heavy (non-hydrogen) atoms. The van der Waals surface area contributed by atoms with E-state index >= 15 is 0 Å². The minimum atomic E-state index is -0.441. The molecule has 1 aliphatic carbocycles. The van der Waals surface area contributed by atoms with Crippen LogP contribution in [0.5, 0.6) is 0 Å². The molecule has 2 heteroatoms. The quantitative estimate of drug-likeness (QED) is 0.539. The molecule has 0 N–H and O–H groups in total. The van der Waals surface area contributed by atoms with Crippen LogP contribution in [0.2, 0.25) is 0 Å². The third-order valence-corrected chi connectivity index (χ3v) is 4.06. The van der Waals surface area contributed by atoms with Crippen LogP contribution >= 0.6 is 0 Å². The Kier molecular flexibility index (Phi) is 3.61. The Bertz CT molecular complexity index is 326. The molecule has 0 unspecified atom stereocenters. The average Bonchev–Trinajstić information content (AvgIpc) is 2.29. The summed E-state index contributed by atoms with van der Waals surface area (Å²) in [5.41, 5.74) is 0.680. The lowest BCUT2D eigenvalue weighted by atomic mass is 9.59. The zero-order valence-corrected chi connectivity index (χ0v) is 10.8. The van der Waals surface area contributed by atoms with Crippen LogP contribution in [-0.2, 0) is 9.53 Å². The van der Waals surface area contributed by atoms with Gasteiger partial charge in [-0.1, -0.05) is 31.6 Å². The second kappa shape index (κ2) is 4.44. The minimum Gasteiger partial charge on any atom is -0.469 e. The lowest BCUT2D eigenvalue weighted by molar-refractivity contribution is -0.159. The predicted molar refractivity (Wildman–Crippen MR) is 66.0 cm³/mol. The van der Waals surface area contributed by atoms with Crippen molar-refractivity contribution in [3.63, 3.8) is 0 Å². The highest BCUT2D eigenvalue weighted by Crippen LogP contribution is 2.50. The van der Waals surface area contributed by atoms with E-state index < -0.39 is 5.41 Å². The molecule has 2 nitrogen and oxygen atoms in total. The third kappa shape index (κ3) is 1.93. The summed E-state index contributed by atoms with van der Waals surface area (Å²) in [6, 6.07) is 0. The first-order valence-electron chi connectivity index (χ1n) is 5.77. The Morgan fingerprint density at radius 3 is 2.62 bits per heavy atom. The van der Waals surface area contributed by atoms with Crippen molar-refractivity contribution < 1.29 is 9.53 Å². The lowest BCUT2D eigenvalue weighted by Gasteiger charge is -2.44. The molecular weight excluding hydrogens is 200 g/mol. The van der Waals surface area contributed by atoms with Gasteiger partial charge in [-0.25, -0.2) is 0 Å². The lowest BCUT2D eigenvalue weighted by Crippen LogP contribution is -2.45. The standard InChI is InChI=1S/C14H22O2/c1-6-13(3,4)14(12(15)16-5)9-7-11(2)8-10-14/h6-7H,1,8-10H2,2-5H3/t14-/m1/s1. The summed E-state index contributed by atoms with van der Waals surface area (Å²) in [5, 5.41) is 0. The molecule has 0 bridgehead atoms. The molecule has 0 saturated heterocycles. The molecule has 0 aromatic rings. The van der Waals surface area contributed by atoms with E-state index in [9.17, 15) is 4.79 Å². The Balaban J connectivity index is 3.14. The van der Waals surface area contributed by atoms with Gasteiger partial charge < -0.3 is 4.74 Å². The zero-order chi connectivity index (χ0) is 12.4. The summed E-state index contributed by atoms with van der Waals surface area (Å²) < 4.78 is 5.00. The molecule has 0 aliphatic heterocycles. The number of carbonyl (C=O) groups excluding carboxylic acids is 1. The monoisotopic (exact) mass is 222 g/mol. The van der Waals surface area contributed by atoms with Crippen LogP contribution in [0.15, 0.2) is 24.3 Å². The van der Waals surface area contributed by atoms with E-state index in [0.717, 1.165) is 19.3 Å². The molecule has 0 aromatic heterocycles. The van der Waals surface area contributed by atoms with Crippen molar-refractivity contribution in [1.29, 1.82) is 0 Å². The van der Waals surface area contributed by atoms with E-state index in [1.807, 2.05) is 6.08 Å². The summed E-state index contributed by atoms with van der Waals surface area (Å²) in [4.78, 5) is 12.1. The summed E-state index contributed by atoms with van der Waals surface area (Å²) in [6.07, 6.45) is 6.60. The van der Waals surface area contributed by atoms with E-state index in [-0.39, 0.29) is 11.4 Å². The molecule has 0 heterocycles. The highest BCUT2D eigenvalue weighted by Gasteiger charge is 2.50. The maximum Gasteiger partial charge on any atom is 0.312 e. The second-order valence-electron chi connectivity index (χ2n) is 5.25. The number of methoxy groups -OCH3 is 1. The van der Waals surface area contributed by atoms with E-state index in [2.05, 4.69) is 33.4 Å². The van der Waals surface area contributed by atoms with Gasteiger partial charge in [0.2, 0.25) is 0 Å². The number of hydrogen-bond acceptors (Lipinski definition) is 2. The Morgan fingerprint density at radius 1 is 1.62 bits per heavy atom. The van der Waals surface area contributed by atoms with Crippen LogP contribution in [0.1, 0.15) is 40.0 Å². The topological polar surface area (TPSA) is 26.3 Å². The van der Waals surface area contributed by atoms with Gasteiger partial charge in [-0.05, 0) is 31.6 Å². The van der Waals surface area contributed by atoms with Crippen molar-refractivity contribution in [3.8, 4) is 0 Å². The van der Waals surface area contributed by atoms with Gasteiger partial charge in [0.15, 0.2) is 0 Å². The number of hydrogen-bond donors (Lipinski definition) is 0. The number of rotatable bonds is 3. The van der Waals surface area contributed by atoms with Crippen molar-refractivity contribution >= 4 is 5.97 Å². The molecule has 90 valence electrons. The van der Waals surface area contributed by atoms with Crippen LogP contribution in [0.25, 0.3) is 0 Å². The Hall–Kier alpha value is -1.05. The van der Waals surface area contributed by atoms with Crippen LogP contribution in [-0.4, -0.2) is 13.1 Å². The summed E-state index contributed by atoms with van der Waals surface area (Å²) in [6.45, 7) is 10.1. The molecular formula is C14H22O2. The van der Waals surface area contributed by atoms with Crippen LogP contribution in [0.3, 0.4) is 0 Å². The van der Waals surface area contributed by atoms with Crippen LogP contribution < -0.4 is 0 Å². The number of allylic oxidation sites excluding steroid dienone is 3. The largest absolute Gasteiger partial charge is 0.469 e. The smallest absolute Gasteiger partial charge is 0.312 e. The van der Waals surface area contributed by atoms with Gasteiger partial charge in [0.05, 0.1) is 12.5 Å². The summed E-state index contributed by atoms with van der Waals surface area (Å²) in [7, 11) is 1.47. The molecule has 1 atom stereocenters. The molecule has 0 amide bonds. The Labute approximate surface area is 98.4 Å². The van der Waals surface area contributed by atoms with Gasteiger partial charge >= 0.3 is 5.97 Å². The molecule has 1 aliphatic rings. The zero-order valence-electron chi connectivity index (χ0n) is 10.8. The van der Waals surface area contributed by atoms with Gasteiger partial charge in [0.25, 0.3) is 0 Å². The van der Waals surface area contributed by atoms with Crippen molar-refractivity contribution in [2.75, 3.05) is 7.11 Å². The van der Waals surface area contributed by atoms with E-state index in [1.165, 1.54) is 12.7 Å². The Morgan fingerprint density at radius 2 is 2.25 bits per heavy atom.